The van der Waals surface area contributed by atoms with Crippen molar-refractivity contribution >= 4 is 39.0 Å². The van der Waals surface area contributed by atoms with Crippen LogP contribution in [-0.4, -0.2) is 55.2 Å². The number of rotatable bonds is 5. The number of anilines is 2. The van der Waals surface area contributed by atoms with Gasteiger partial charge in [0.2, 0.25) is 0 Å². The van der Waals surface area contributed by atoms with E-state index in [1.807, 2.05) is 13.8 Å². The molecule has 8 nitrogen and oxygen atoms in total. The first-order valence-electron chi connectivity index (χ1n) is 8.93. The van der Waals surface area contributed by atoms with Crippen molar-refractivity contribution in [1.29, 1.82) is 5.26 Å². The maximum absolute atomic E-state index is 12.6. The van der Waals surface area contributed by atoms with E-state index in [-0.39, 0.29) is 17.6 Å². The van der Waals surface area contributed by atoms with Crippen LogP contribution in [0.4, 0.5) is 11.5 Å². The largest absolute Gasteiger partial charge is 0.397 e. The van der Waals surface area contributed by atoms with Gasteiger partial charge in [0.1, 0.15) is 21.6 Å². The van der Waals surface area contributed by atoms with Crippen molar-refractivity contribution in [2.75, 3.05) is 50.9 Å². The number of amides is 1. The van der Waals surface area contributed by atoms with Gasteiger partial charge in [0.15, 0.2) is 0 Å². The van der Waals surface area contributed by atoms with Crippen LogP contribution in [0.3, 0.4) is 0 Å². The number of morpholine rings is 1. The predicted octanol–water partition coefficient (Wildman–Crippen LogP) is 1.52. The molecule has 0 atom stereocenters. The second-order valence-corrected chi connectivity index (χ2v) is 7.79. The molecule has 2 aromatic rings. The van der Waals surface area contributed by atoms with Gasteiger partial charge in [-0.25, -0.2) is 4.98 Å². The number of nitrogen functional groups attached to an aromatic ring is 2. The van der Waals surface area contributed by atoms with E-state index in [0.717, 1.165) is 38.4 Å². The van der Waals surface area contributed by atoms with Gasteiger partial charge in [-0.3, -0.25) is 9.69 Å². The van der Waals surface area contributed by atoms with Crippen molar-refractivity contribution in [2.45, 2.75) is 19.8 Å². The average molecular weight is 388 g/mol. The van der Waals surface area contributed by atoms with Crippen molar-refractivity contribution < 1.29 is 9.53 Å². The zero-order chi connectivity index (χ0) is 19.6. The van der Waals surface area contributed by atoms with E-state index in [0.29, 0.717) is 32.9 Å². The van der Waals surface area contributed by atoms with Crippen molar-refractivity contribution in [1.82, 2.24) is 15.2 Å². The second-order valence-electron chi connectivity index (χ2n) is 6.79. The van der Waals surface area contributed by atoms with Gasteiger partial charge in [-0.05, 0) is 11.5 Å². The summed E-state index contributed by atoms with van der Waals surface area (Å²) in [6, 6.07) is 2.12. The third kappa shape index (κ3) is 3.83. The highest BCUT2D eigenvalue weighted by molar-refractivity contribution is 7.21. The number of carbonyl (C=O) groups is 1. The number of nitrogens with zero attached hydrogens (tertiary/aromatic N) is 3. The van der Waals surface area contributed by atoms with Crippen LogP contribution in [0.1, 0.15) is 40.6 Å². The summed E-state index contributed by atoms with van der Waals surface area (Å²) in [6.07, 6.45) is 0. The molecule has 0 spiro atoms. The van der Waals surface area contributed by atoms with Gasteiger partial charge in [0, 0.05) is 31.6 Å². The molecule has 0 unspecified atom stereocenters. The molecule has 0 radical (unpaired) electrons. The lowest BCUT2D eigenvalue weighted by Gasteiger charge is -2.26. The Hall–Kier alpha value is -2.41. The van der Waals surface area contributed by atoms with Crippen LogP contribution in [0.25, 0.3) is 10.2 Å². The van der Waals surface area contributed by atoms with Crippen molar-refractivity contribution in [3.63, 3.8) is 0 Å². The predicted molar refractivity (Wildman–Crippen MR) is 107 cm³/mol. The minimum Gasteiger partial charge on any atom is -0.397 e. The highest BCUT2D eigenvalue weighted by Crippen LogP contribution is 2.40. The number of carbonyl (C=O) groups excluding carboxylic acids is 1. The molecule has 0 saturated carbocycles. The second kappa shape index (κ2) is 8.08. The number of hydrogen-bond acceptors (Lipinski definition) is 8. The fourth-order valence-corrected chi connectivity index (χ4v) is 4.33. The Labute approximate surface area is 162 Å². The van der Waals surface area contributed by atoms with Gasteiger partial charge >= 0.3 is 0 Å². The van der Waals surface area contributed by atoms with Crippen LogP contribution >= 0.6 is 11.3 Å². The smallest absolute Gasteiger partial charge is 0.263 e. The van der Waals surface area contributed by atoms with E-state index >= 15 is 0 Å². The fraction of sp³-hybridized carbons (Fsp3) is 0.500. The van der Waals surface area contributed by atoms with Crippen molar-refractivity contribution in [2.24, 2.45) is 0 Å². The van der Waals surface area contributed by atoms with Crippen LogP contribution in [0.2, 0.25) is 0 Å². The summed E-state index contributed by atoms with van der Waals surface area (Å²) in [7, 11) is 0. The quantitative estimate of drug-likeness (QED) is 0.708. The van der Waals surface area contributed by atoms with E-state index < -0.39 is 0 Å². The van der Waals surface area contributed by atoms with Gasteiger partial charge < -0.3 is 21.5 Å². The number of fused-ring (bicyclic) bond motifs is 1. The molecule has 3 heterocycles. The maximum Gasteiger partial charge on any atom is 0.263 e. The summed E-state index contributed by atoms with van der Waals surface area (Å²) >= 11 is 1.21. The number of pyridine rings is 1. The maximum atomic E-state index is 12.6. The number of nitriles is 1. The van der Waals surface area contributed by atoms with Crippen LogP contribution in [0.15, 0.2) is 0 Å². The molecule has 9 heteroatoms. The molecule has 27 heavy (non-hydrogen) atoms. The zero-order valence-corrected chi connectivity index (χ0v) is 16.4. The van der Waals surface area contributed by atoms with Crippen molar-refractivity contribution in [3.05, 3.63) is 16.0 Å². The van der Waals surface area contributed by atoms with Gasteiger partial charge in [-0.2, -0.15) is 5.26 Å². The Balaban J connectivity index is 1.84. The molecular formula is C18H24N6O2S. The molecular weight excluding hydrogens is 364 g/mol. The van der Waals surface area contributed by atoms with E-state index in [1.165, 1.54) is 11.3 Å². The van der Waals surface area contributed by atoms with Crippen LogP contribution < -0.4 is 16.8 Å². The number of thiophene rings is 1. The van der Waals surface area contributed by atoms with Gasteiger partial charge in [-0.15, -0.1) is 11.3 Å². The molecule has 1 aliphatic heterocycles. The number of nitrogens with two attached hydrogens (primary N) is 2. The lowest BCUT2D eigenvalue weighted by Crippen LogP contribution is -2.41. The number of aromatic nitrogens is 1. The minimum absolute atomic E-state index is 0.0292. The molecule has 0 bridgehead atoms. The Bertz CT molecular complexity index is 896. The summed E-state index contributed by atoms with van der Waals surface area (Å²) in [5.74, 6) is -0.0219. The highest BCUT2D eigenvalue weighted by atomic mass is 32.1. The Morgan fingerprint density at radius 2 is 2.11 bits per heavy atom. The zero-order valence-electron chi connectivity index (χ0n) is 15.5. The average Bonchev–Trinajstić information content (AvgIpc) is 2.97. The number of hydrogen-bond donors (Lipinski definition) is 3. The number of ether oxygens (including phenoxy) is 1. The standard InChI is InChI=1S/C18H24N6O2S/c1-10(2)12-11(9-19)16(21)23-18-13(12)14(20)15(27-18)17(25)22-3-4-24-5-7-26-8-6-24/h10H,3-8,20H2,1-2H3,(H2,21,23)(H,22,25). The highest BCUT2D eigenvalue weighted by Gasteiger charge is 2.24. The Morgan fingerprint density at radius 3 is 2.74 bits per heavy atom. The first-order chi connectivity index (χ1) is 12.9. The van der Waals surface area contributed by atoms with E-state index in [2.05, 4.69) is 21.3 Å². The molecule has 1 saturated heterocycles. The fourth-order valence-electron chi connectivity index (χ4n) is 3.29. The summed E-state index contributed by atoms with van der Waals surface area (Å²) in [5, 5.41) is 13.0. The number of nitrogens with one attached hydrogen (secondary N) is 1. The molecule has 2 aromatic heterocycles. The minimum atomic E-state index is -0.226. The monoisotopic (exact) mass is 388 g/mol. The molecule has 0 aliphatic carbocycles. The Morgan fingerprint density at radius 1 is 1.41 bits per heavy atom. The van der Waals surface area contributed by atoms with Gasteiger partial charge in [-0.1, -0.05) is 13.8 Å². The van der Waals surface area contributed by atoms with Gasteiger partial charge in [0.25, 0.3) is 5.91 Å². The van der Waals surface area contributed by atoms with Gasteiger partial charge in [0.05, 0.1) is 24.5 Å². The molecule has 3 rings (SSSR count). The van der Waals surface area contributed by atoms with Crippen LogP contribution in [-0.2, 0) is 4.74 Å². The van der Waals surface area contributed by atoms with E-state index in [1.54, 1.807) is 0 Å². The first kappa shape index (κ1) is 19.4. The SMILES string of the molecule is CC(C)c1c(C#N)c(N)nc2sc(C(=O)NCCN3CCOCC3)c(N)c12. The lowest BCUT2D eigenvalue weighted by atomic mass is 9.95. The molecule has 1 aliphatic rings. The molecule has 0 aromatic carbocycles. The third-order valence-corrected chi connectivity index (χ3v) is 5.75. The van der Waals surface area contributed by atoms with Crippen LogP contribution in [0.5, 0.6) is 0 Å². The molecule has 1 amide bonds. The summed E-state index contributed by atoms with van der Waals surface area (Å²) < 4.78 is 5.32. The summed E-state index contributed by atoms with van der Waals surface area (Å²) in [6.45, 7) is 8.43. The van der Waals surface area contributed by atoms with E-state index in [4.69, 9.17) is 16.2 Å². The van der Waals surface area contributed by atoms with Crippen molar-refractivity contribution in [3.8, 4) is 6.07 Å². The molecule has 144 valence electrons. The Kier molecular flexibility index (Phi) is 5.79. The van der Waals surface area contributed by atoms with Crippen LogP contribution in [0, 0.1) is 11.3 Å². The van der Waals surface area contributed by atoms with E-state index in [9.17, 15) is 10.1 Å². The molecule has 5 N–H and O–H groups in total. The summed E-state index contributed by atoms with van der Waals surface area (Å²) in [5.41, 5.74) is 13.7. The first-order valence-corrected chi connectivity index (χ1v) is 9.75. The normalized spacial score (nSPS) is 15.2. The lowest BCUT2D eigenvalue weighted by molar-refractivity contribution is 0.0383. The third-order valence-electron chi connectivity index (χ3n) is 4.66. The summed E-state index contributed by atoms with van der Waals surface area (Å²) in [4.78, 5) is 20.2. The topological polar surface area (TPSA) is 130 Å². The molecule has 1 fully saturated rings.